The van der Waals surface area contributed by atoms with Gasteiger partial charge >= 0.3 is 11.9 Å². The number of hydrogen-bond donors (Lipinski definition) is 3. The minimum atomic E-state index is -2.09. The van der Waals surface area contributed by atoms with Gasteiger partial charge < -0.3 is 34.3 Å². The van der Waals surface area contributed by atoms with Crippen LogP contribution in [0.25, 0.3) is 10.9 Å². The van der Waals surface area contributed by atoms with Gasteiger partial charge in [0.25, 0.3) is 0 Å². The maximum atomic E-state index is 15.3. The highest BCUT2D eigenvalue weighted by atomic mass is 16.6. The van der Waals surface area contributed by atoms with Crippen molar-refractivity contribution in [2.75, 3.05) is 58.9 Å². The first kappa shape index (κ1) is 39.2. The number of H-pyrrole nitrogens is 1. The van der Waals surface area contributed by atoms with Crippen LogP contribution in [0.1, 0.15) is 82.2 Å². The monoisotopic (exact) mass is 794 g/mol. The molecule has 3 N–H and O–H groups in total. The standard InChI is InChI=1S/C46H58N4O8/c1-8-42(54)23-29-24-45(41(53)57-7,37-31(15-19-49(25-29)26-42)30-13-10-11-14-34(30)47-37)33-21-32-35(22-36(33)56-6)48(5)39-44(32)17-20-50-18-12-16-43(9-2,38(44)50)40(58-28(4)52)46(39,55)27(3)51/h10-14,16,21-22,29,38-40,47,54-55H,8-9,15,17-20,23-26H2,1-7H3/t29?,38?,39?,40-,42-,43+,44?,45-,46-/m0/s1. The Bertz CT molecular complexity index is 2240. The van der Waals surface area contributed by atoms with E-state index in [-0.39, 0.29) is 12.0 Å². The van der Waals surface area contributed by atoms with Crippen molar-refractivity contribution in [3.05, 3.63) is 70.9 Å². The number of para-hydroxylation sites is 1. The van der Waals surface area contributed by atoms with Crippen LogP contribution in [0.2, 0.25) is 0 Å². The average molecular weight is 795 g/mol. The molecule has 12 nitrogen and oxygen atoms in total. The van der Waals surface area contributed by atoms with E-state index in [2.05, 4.69) is 39.1 Å². The minimum Gasteiger partial charge on any atom is -0.496 e. The molecular weight excluding hydrogens is 737 g/mol. The van der Waals surface area contributed by atoms with Crippen molar-refractivity contribution in [3.8, 4) is 5.75 Å². The smallest absolute Gasteiger partial charge is 0.322 e. The Morgan fingerprint density at radius 1 is 0.983 bits per heavy atom. The van der Waals surface area contributed by atoms with E-state index in [9.17, 15) is 19.8 Å². The number of Topliss-reactive ketones (excluding diaryl/α,β-unsaturated/α-hetero) is 1. The summed E-state index contributed by atoms with van der Waals surface area (Å²) >= 11 is 0. The molecule has 2 aromatic carbocycles. The van der Waals surface area contributed by atoms with Crippen molar-refractivity contribution in [2.45, 2.75) is 106 Å². The molecule has 12 heteroatoms. The first-order chi connectivity index (χ1) is 27.7. The Balaban J connectivity index is 1.36. The molecule has 0 amide bonds. The molecule has 3 fully saturated rings. The maximum absolute atomic E-state index is 15.3. The Hall–Kier alpha value is -4.23. The lowest BCUT2D eigenvalue weighted by molar-refractivity contribution is -0.215. The predicted octanol–water partition coefficient (Wildman–Crippen LogP) is 4.41. The molecule has 5 unspecified atom stereocenters. The maximum Gasteiger partial charge on any atom is 0.322 e. The molecule has 1 spiro atoms. The molecule has 6 aliphatic rings. The molecule has 310 valence electrons. The molecule has 10 atom stereocenters. The summed E-state index contributed by atoms with van der Waals surface area (Å²) < 4.78 is 18.5. The van der Waals surface area contributed by atoms with Crippen LogP contribution in [-0.2, 0) is 41.1 Å². The molecule has 1 aliphatic carbocycles. The third-order valence-electron chi connectivity index (χ3n) is 15.7. The number of benzene rings is 2. The van der Waals surface area contributed by atoms with Crippen LogP contribution in [0.4, 0.5) is 5.69 Å². The number of ketones is 1. The van der Waals surface area contributed by atoms with E-state index in [4.69, 9.17) is 14.2 Å². The largest absolute Gasteiger partial charge is 0.496 e. The van der Waals surface area contributed by atoms with Crippen LogP contribution in [0.3, 0.4) is 0 Å². The molecule has 5 aliphatic heterocycles. The lowest BCUT2D eigenvalue weighted by Gasteiger charge is -2.64. The number of esters is 2. The summed E-state index contributed by atoms with van der Waals surface area (Å²) in [5.74, 6) is -1.04. The van der Waals surface area contributed by atoms with Gasteiger partial charge in [0.15, 0.2) is 17.5 Å². The molecule has 6 heterocycles. The van der Waals surface area contributed by atoms with Gasteiger partial charge in [0.05, 0.1) is 25.9 Å². The van der Waals surface area contributed by atoms with E-state index < -0.39 is 57.3 Å². The molecule has 2 bridgehead atoms. The van der Waals surface area contributed by atoms with Gasteiger partial charge in [-0.3, -0.25) is 24.2 Å². The van der Waals surface area contributed by atoms with Gasteiger partial charge in [0.1, 0.15) is 11.2 Å². The number of nitrogens with one attached hydrogen (secondary N) is 1. The first-order valence-electron chi connectivity index (χ1n) is 21.1. The van der Waals surface area contributed by atoms with Crippen LogP contribution < -0.4 is 9.64 Å². The zero-order valence-corrected chi connectivity index (χ0v) is 34.9. The average Bonchev–Trinajstić information content (AvgIpc) is 3.87. The number of aliphatic hydroxyl groups is 2. The number of ether oxygens (including phenoxy) is 3. The number of aromatic nitrogens is 1. The zero-order chi connectivity index (χ0) is 41.2. The van der Waals surface area contributed by atoms with Crippen molar-refractivity contribution in [1.82, 2.24) is 14.8 Å². The number of aromatic amines is 1. The molecule has 3 aromatic rings. The molecule has 1 saturated carbocycles. The summed E-state index contributed by atoms with van der Waals surface area (Å²) in [5, 5.41) is 26.3. The Kier molecular flexibility index (Phi) is 9.06. The quantitative estimate of drug-likeness (QED) is 0.231. The fraction of sp³-hybridized carbons (Fsp3) is 0.587. The second-order valence-corrected chi connectivity index (χ2v) is 18.3. The topological polar surface area (TPSA) is 145 Å². The summed E-state index contributed by atoms with van der Waals surface area (Å²) in [6.45, 7) is 10.2. The summed E-state index contributed by atoms with van der Waals surface area (Å²) in [7, 11) is 4.97. The number of nitrogens with zero attached hydrogens (tertiary/aromatic N) is 3. The van der Waals surface area contributed by atoms with E-state index >= 15 is 4.79 Å². The van der Waals surface area contributed by atoms with Crippen molar-refractivity contribution in [1.29, 1.82) is 0 Å². The summed E-state index contributed by atoms with van der Waals surface area (Å²) in [5.41, 5.74) is -1.04. The Labute approximate surface area is 340 Å². The minimum absolute atomic E-state index is 0.0816. The molecule has 1 aromatic heterocycles. The van der Waals surface area contributed by atoms with E-state index in [1.807, 2.05) is 50.1 Å². The van der Waals surface area contributed by atoms with Gasteiger partial charge in [-0.15, -0.1) is 0 Å². The summed E-state index contributed by atoms with van der Waals surface area (Å²) in [6.07, 6.45) is 6.30. The predicted molar refractivity (Wildman–Crippen MR) is 219 cm³/mol. The van der Waals surface area contributed by atoms with Gasteiger partial charge in [0, 0.05) is 90.9 Å². The molecule has 58 heavy (non-hydrogen) atoms. The van der Waals surface area contributed by atoms with Gasteiger partial charge in [-0.1, -0.05) is 44.2 Å². The van der Waals surface area contributed by atoms with Gasteiger partial charge in [-0.2, -0.15) is 0 Å². The van der Waals surface area contributed by atoms with E-state index in [1.54, 1.807) is 7.11 Å². The highest BCUT2D eigenvalue weighted by molar-refractivity contribution is 5.95. The molecule has 9 rings (SSSR count). The lowest BCUT2D eigenvalue weighted by atomic mass is 9.47. The molecular formula is C46H58N4O8. The van der Waals surface area contributed by atoms with Crippen LogP contribution >= 0.6 is 0 Å². The van der Waals surface area contributed by atoms with Crippen LogP contribution in [-0.4, -0.2) is 126 Å². The number of carbonyl (C=O) groups is 3. The number of fused-ring (bicyclic) bond motifs is 6. The normalized spacial score (nSPS) is 37.5. The third-order valence-corrected chi connectivity index (χ3v) is 15.7. The zero-order valence-electron chi connectivity index (χ0n) is 34.9. The van der Waals surface area contributed by atoms with E-state index in [0.29, 0.717) is 69.5 Å². The fourth-order valence-electron chi connectivity index (χ4n) is 13.5. The van der Waals surface area contributed by atoms with E-state index in [0.717, 1.165) is 46.5 Å². The molecule has 0 radical (unpaired) electrons. The van der Waals surface area contributed by atoms with Crippen LogP contribution in [0, 0.1) is 11.3 Å². The highest BCUT2D eigenvalue weighted by Gasteiger charge is 2.79. The third kappa shape index (κ3) is 4.98. The van der Waals surface area contributed by atoms with Crippen molar-refractivity contribution >= 4 is 34.3 Å². The van der Waals surface area contributed by atoms with Crippen LogP contribution in [0.15, 0.2) is 48.6 Å². The number of rotatable bonds is 7. The summed E-state index contributed by atoms with van der Waals surface area (Å²) in [4.78, 5) is 53.1. The van der Waals surface area contributed by atoms with Gasteiger partial charge in [0.2, 0.25) is 0 Å². The van der Waals surface area contributed by atoms with Crippen molar-refractivity contribution < 1.29 is 38.8 Å². The number of piperidine rings is 1. The number of hydrogen-bond acceptors (Lipinski definition) is 11. The number of carbonyl (C=O) groups excluding carboxylic acids is 3. The molecule has 2 saturated heterocycles. The van der Waals surface area contributed by atoms with Crippen molar-refractivity contribution in [2.24, 2.45) is 11.3 Å². The number of methoxy groups -OCH3 is 2. The second-order valence-electron chi connectivity index (χ2n) is 18.3. The Morgan fingerprint density at radius 2 is 1.76 bits per heavy atom. The summed E-state index contributed by atoms with van der Waals surface area (Å²) in [6, 6.07) is 11.2. The number of likely N-dealkylation sites (N-methyl/N-ethyl adjacent to an activating group) is 1. The number of anilines is 1. The second kappa shape index (κ2) is 13.4. The fourth-order valence-corrected chi connectivity index (χ4v) is 13.5. The SMILES string of the molecule is CC[C@]1(O)CC2CN(CCc3c([nH]c4ccccc34)[C@@](C(=O)OC)(c3cc4c(cc3OC)N(C)C3C45CCN4CC=C[C@](CC)(C45)[C@H](OC(C)=O)[C@]3(O)C(C)=O)C2)C1. The highest BCUT2D eigenvalue weighted by Crippen LogP contribution is 2.68. The van der Waals surface area contributed by atoms with Crippen LogP contribution in [0.5, 0.6) is 5.75 Å². The lowest BCUT2D eigenvalue weighted by Crippen LogP contribution is -2.81. The van der Waals surface area contributed by atoms with Crippen molar-refractivity contribution in [3.63, 3.8) is 0 Å². The Morgan fingerprint density at radius 3 is 2.45 bits per heavy atom. The first-order valence-corrected chi connectivity index (χ1v) is 21.1. The van der Waals surface area contributed by atoms with Gasteiger partial charge in [-0.05, 0) is 81.2 Å². The van der Waals surface area contributed by atoms with Gasteiger partial charge in [-0.25, -0.2) is 0 Å². The van der Waals surface area contributed by atoms with E-state index in [1.165, 1.54) is 21.0 Å².